The van der Waals surface area contributed by atoms with Crippen molar-refractivity contribution in [3.8, 4) is 0 Å². The van der Waals surface area contributed by atoms with E-state index in [2.05, 4.69) is 0 Å². The predicted octanol–water partition coefficient (Wildman–Crippen LogP) is 1.99. The average Bonchev–Trinajstić information content (AvgIpc) is 2.17. The first-order chi connectivity index (χ1) is 7.29. The Balaban J connectivity index is 2.85. The largest absolute Gasteiger partial charge is 0.286 e. The highest BCUT2D eigenvalue weighted by Crippen LogP contribution is 2.23. The summed E-state index contributed by atoms with van der Waals surface area (Å²) in [4.78, 5) is 0.262. The first-order valence-corrected chi connectivity index (χ1v) is 7.76. The first-order valence-electron chi connectivity index (χ1n) is 4.08. The minimum atomic E-state index is -4.12. The van der Waals surface area contributed by atoms with Crippen LogP contribution in [-0.2, 0) is 20.9 Å². The molecule has 1 unspecified atom stereocenters. The molecular weight excluding hydrogens is 295 g/mol. The summed E-state index contributed by atoms with van der Waals surface area (Å²) < 4.78 is 41.1. The first kappa shape index (κ1) is 13.9. The fraction of sp³-hybridized carbons (Fsp3) is 0.250. The van der Waals surface area contributed by atoms with Crippen molar-refractivity contribution in [1.29, 1.82) is 0 Å². The van der Waals surface area contributed by atoms with Crippen molar-refractivity contribution < 1.29 is 17.2 Å². The smallest absolute Gasteiger partial charge is 0.265 e. The molecular formula is C8H8Cl2O4S2. The Hall–Kier alpha value is -0.140. The fourth-order valence-electron chi connectivity index (χ4n) is 0.943. The molecule has 0 radical (unpaired) electrons. The molecule has 0 saturated heterocycles. The zero-order chi connectivity index (χ0) is 12.3. The second-order valence-corrected chi connectivity index (χ2v) is 6.87. The Morgan fingerprint density at radius 2 is 1.94 bits per heavy atom. The van der Waals surface area contributed by atoms with Gasteiger partial charge in [-0.1, -0.05) is 23.2 Å². The number of benzene rings is 1. The molecule has 0 spiro atoms. The molecule has 0 fully saturated rings. The van der Waals surface area contributed by atoms with Gasteiger partial charge in [-0.2, -0.15) is 8.42 Å². The van der Waals surface area contributed by atoms with Crippen LogP contribution in [0.3, 0.4) is 0 Å². The highest BCUT2D eigenvalue weighted by Gasteiger charge is 2.13. The highest BCUT2D eigenvalue weighted by atomic mass is 35.5. The van der Waals surface area contributed by atoms with Gasteiger partial charge in [-0.05, 0) is 18.2 Å². The van der Waals surface area contributed by atoms with E-state index in [1.54, 1.807) is 0 Å². The summed E-state index contributed by atoms with van der Waals surface area (Å²) in [6.07, 6.45) is 0. The van der Waals surface area contributed by atoms with Crippen molar-refractivity contribution >= 4 is 44.1 Å². The number of rotatable bonds is 4. The van der Waals surface area contributed by atoms with Gasteiger partial charge >= 0.3 is 0 Å². The Kier molecular flexibility index (Phi) is 4.75. The Morgan fingerprint density at radius 1 is 1.31 bits per heavy atom. The van der Waals surface area contributed by atoms with Crippen LogP contribution in [0.4, 0.5) is 0 Å². The third kappa shape index (κ3) is 4.39. The van der Waals surface area contributed by atoms with E-state index in [0.29, 0.717) is 5.02 Å². The SMILES string of the molecule is O=S(CCS(=O)(=O)O)c1cc(Cl)ccc1Cl. The van der Waals surface area contributed by atoms with Crippen LogP contribution in [0.1, 0.15) is 0 Å². The Morgan fingerprint density at radius 3 is 2.50 bits per heavy atom. The van der Waals surface area contributed by atoms with Gasteiger partial charge in [0.1, 0.15) is 0 Å². The number of hydrogen-bond acceptors (Lipinski definition) is 3. The average molecular weight is 303 g/mol. The van der Waals surface area contributed by atoms with Gasteiger partial charge in [0.25, 0.3) is 10.1 Å². The monoisotopic (exact) mass is 302 g/mol. The molecule has 0 saturated carbocycles. The summed E-state index contributed by atoms with van der Waals surface area (Å²) in [5, 5.41) is 0.609. The van der Waals surface area contributed by atoms with Crippen LogP contribution in [0.2, 0.25) is 10.0 Å². The summed E-state index contributed by atoms with van der Waals surface area (Å²) >= 11 is 11.5. The van der Waals surface area contributed by atoms with Crippen LogP contribution in [0.15, 0.2) is 23.1 Å². The van der Waals surface area contributed by atoms with Crippen molar-refractivity contribution in [3.63, 3.8) is 0 Å². The van der Waals surface area contributed by atoms with E-state index >= 15 is 0 Å². The molecule has 1 atom stereocenters. The maximum Gasteiger partial charge on any atom is 0.265 e. The summed E-state index contributed by atoms with van der Waals surface area (Å²) in [5.41, 5.74) is 0. The summed E-state index contributed by atoms with van der Waals surface area (Å²) in [6.45, 7) is 0. The third-order valence-corrected chi connectivity index (χ3v) is 4.72. The van der Waals surface area contributed by atoms with Crippen LogP contribution < -0.4 is 0 Å². The van der Waals surface area contributed by atoms with Crippen molar-refractivity contribution in [2.75, 3.05) is 11.5 Å². The predicted molar refractivity (Wildman–Crippen MR) is 64.2 cm³/mol. The molecule has 0 bridgehead atoms. The summed E-state index contributed by atoms with van der Waals surface area (Å²) in [7, 11) is -5.73. The molecule has 0 aromatic heterocycles. The molecule has 0 aliphatic carbocycles. The van der Waals surface area contributed by atoms with Crippen LogP contribution >= 0.6 is 23.2 Å². The molecule has 0 amide bonds. The van der Waals surface area contributed by atoms with Gasteiger partial charge in [-0.15, -0.1) is 0 Å². The van der Waals surface area contributed by atoms with Gasteiger partial charge in [-0.3, -0.25) is 8.76 Å². The second kappa shape index (κ2) is 5.46. The molecule has 1 aromatic rings. The number of hydrogen-bond donors (Lipinski definition) is 1. The zero-order valence-corrected chi connectivity index (χ0v) is 11.0. The van der Waals surface area contributed by atoms with Crippen LogP contribution in [-0.4, -0.2) is 28.7 Å². The van der Waals surface area contributed by atoms with Crippen molar-refractivity contribution in [2.24, 2.45) is 0 Å². The molecule has 8 heteroatoms. The van der Waals surface area contributed by atoms with Gasteiger partial charge in [0.05, 0.1) is 26.5 Å². The lowest BCUT2D eigenvalue weighted by Crippen LogP contribution is -2.12. The van der Waals surface area contributed by atoms with Gasteiger partial charge in [0.2, 0.25) is 0 Å². The molecule has 16 heavy (non-hydrogen) atoms. The van der Waals surface area contributed by atoms with Crippen molar-refractivity contribution in [1.82, 2.24) is 0 Å². The lowest BCUT2D eigenvalue weighted by molar-refractivity contribution is 0.485. The minimum Gasteiger partial charge on any atom is -0.286 e. The lowest BCUT2D eigenvalue weighted by Gasteiger charge is -2.04. The molecule has 0 aliphatic heterocycles. The minimum absolute atomic E-state index is 0.223. The fourth-order valence-corrected chi connectivity index (χ4v) is 3.77. The van der Waals surface area contributed by atoms with E-state index in [-0.39, 0.29) is 15.7 Å². The molecule has 1 N–H and O–H groups in total. The lowest BCUT2D eigenvalue weighted by atomic mass is 10.4. The topological polar surface area (TPSA) is 71.4 Å². The normalized spacial score (nSPS) is 13.7. The molecule has 90 valence electrons. The molecule has 0 aliphatic rings. The van der Waals surface area contributed by atoms with E-state index in [9.17, 15) is 12.6 Å². The van der Waals surface area contributed by atoms with E-state index < -0.39 is 26.7 Å². The Labute approximate surface area is 106 Å². The van der Waals surface area contributed by atoms with Gasteiger partial charge < -0.3 is 0 Å². The molecule has 0 heterocycles. The third-order valence-electron chi connectivity index (χ3n) is 1.67. The van der Waals surface area contributed by atoms with E-state index in [1.807, 2.05) is 0 Å². The van der Waals surface area contributed by atoms with Crippen LogP contribution in [0.25, 0.3) is 0 Å². The second-order valence-electron chi connectivity index (χ2n) is 2.91. The summed E-state index contributed by atoms with van der Waals surface area (Å²) in [6, 6.07) is 4.42. The van der Waals surface area contributed by atoms with Crippen LogP contribution in [0.5, 0.6) is 0 Å². The quantitative estimate of drug-likeness (QED) is 0.863. The molecule has 4 nitrogen and oxygen atoms in total. The van der Waals surface area contributed by atoms with Gasteiger partial charge in [-0.25, -0.2) is 0 Å². The molecule has 1 aromatic carbocycles. The number of halogens is 2. The maximum absolute atomic E-state index is 11.7. The highest BCUT2D eigenvalue weighted by molar-refractivity contribution is 7.89. The van der Waals surface area contributed by atoms with Crippen molar-refractivity contribution in [3.05, 3.63) is 28.2 Å². The van der Waals surface area contributed by atoms with Crippen molar-refractivity contribution in [2.45, 2.75) is 4.90 Å². The Bertz CT molecular complexity index is 513. The van der Waals surface area contributed by atoms with E-state index in [1.165, 1.54) is 18.2 Å². The summed E-state index contributed by atoms with van der Waals surface area (Å²) in [5.74, 6) is -0.804. The standard InChI is InChI=1S/C8H8Cl2O4S2/c9-6-1-2-7(10)8(5-6)15(11)3-4-16(12,13)14/h1-2,5H,3-4H2,(H,12,13,14). The van der Waals surface area contributed by atoms with E-state index in [0.717, 1.165) is 0 Å². The molecule has 1 rings (SSSR count). The van der Waals surface area contributed by atoms with Crippen LogP contribution in [0, 0.1) is 0 Å². The maximum atomic E-state index is 11.7. The van der Waals surface area contributed by atoms with Gasteiger partial charge in [0, 0.05) is 10.8 Å². The van der Waals surface area contributed by atoms with E-state index in [4.69, 9.17) is 27.8 Å². The zero-order valence-electron chi connectivity index (χ0n) is 7.89. The van der Waals surface area contributed by atoms with Gasteiger partial charge in [0.15, 0.2) is 0 Å².